The van der Waals surface area contributed by atoms with Crippen LogP contribution < -0.4 is 15.3 Å². The van der Waals surface area contributed by atoms with Crippen molar-refractivity contribution in [3.8, 4) is 0 Å². The van der Waals surface area contributed by atoms with Crippen molar-refractivity contribution < 1.29 is 29.7 Å². The van der Waals surface area contributed by atoms with Crippen LogP contribution in [-0.4, -0.2) is 35.3 Å². The second-order valence-corrected chi connectivity index (χ2v) is 9.73. The van der Waals surface area contributed by atoms with E-state index in [2.05, 4.69) is 0 Å². The van der Waals surface area contributed by atoms with E-state index in [0.717, 1.165) is 0 Å². The second kappa shape index (κ2) is 39.5. The van der Waals surface area contributed by atoms with Crippen molar-refractivity contribution >= 4 is 35.3 Å². The molecule has 0 radical (unpaired) electrons. The molecule has 0 amide bonds. The molecule has 3 saturated carbocycles. The fourth-order valence-corrected chi connectivity index (χ4v) is 3.79. The molecule has 3 aliphatic rings. The van der Waals surface area contributed by atoms with Crippen LogP contribution in [0.5, 0.6) is 0 Å². The number of aliphatic carboxylic acids is 3. The van der Waals surface area contributed by atoms with Gasteiger partial charge in [-0.25, -0.2) is 0 Å². The number of carbonyl (C=O) groups excluding carboxylic acids is 3. The zero-order valence-corrected chi connectivity index (χ0v) is 25.7. The van der Waals surface area contributed by atoms with Crippen LogP contribution in [0.1, 0.15) is 175 Å². The van der Waals surface area contributed by atoms with Gasteiger partial charge in [-0.3, -0.25) is 0 Å². The van der Waals surface area contributed by atoms with Gasteiger partial charge in [-0.15, -0.1) is 0 Å². The van der Waals surface area contributed by atoms with Crippen LogP contribution in [0.3, 0.4) is 0 Å². The van der Waals surface area contributed by atoms with Gasteiger partial charge in [0.05, 0.1) is 0 Å². The summed E-state index contributed by atoms with van der Waals surface area (Å²) in [5.41, 5.74) is 0. The Hall–Kier alpha value is -1.06. The van der Waals surface area contributed by atoms with E-state index in [1.54, 1.807) is 20.8 Å². The third-order valence-electron chi connectivity index (χ3n) is 5.86. The van der Waals surface area contributed by atoms with Crippen LogP contribution in [-0.2, 0) is 14.4 Å². The van der Waals surface area contributed by atoms with Crippen LogP contribution in [0.2, 0.25) is 0 Å². The number of carboxylic acid groups (broad SMARTS) is 3. The molecule has 0 aromatic rings. The minimum absolute atomic E-state index is 0. The molecule has 0 spiro atoms. The Morgan fingerprint density at radius 2 is 0.486 bits per heavy atom. The molecular formula is C30H57AlO6. The van der Waals surface area contributed by atoms with Gasteiger partial charge in [0.25, 0.3) is 0 Å². The summed E-state index contributed by atoms with van der Waals surface area (Å²) in [6.07, 6.45) is 29.5. The van der Waals surface area contributed by atoms with Gasteiger partial charge in [0.15, 0.2) is 0 Å². The topological polar surface area (TPSA) is 120 Å². The molecule has 37 heavy (non-hydrogen) atoms. The number of hydrogen-bond donors (Lipinski definition) is 0. The molecule has 0 aliphatic heterocycles. The molecule has 3 aliphatic carbocycles. The molecule has 0 saturated heterocycles. The maximum absolute atomic E-state index is 9.49. The van der Waals surface area contributed by atoms with Gasteiger partial charge in [-0.05, 0) is 19.3 Å². The largest absolute Gasteiger partial charge is 3.00 e. The standard InChI is InChI=1S/3C6H12.3C4H8O2.Al/c3*1-2-4-6-5-3-1;3*1-2-3-4(5)6;/h3*1-6H2;3*2-3H2,1H3,(H,5,6);/q;;;;;;+3/p-3. The molecule has 0 unspecified atom stereocenters. The predicted molar refractivity (Wildman–Crippen MR) is 149 cm³/mol. The zero-order chi connectivity index (χ0) is 27.7. The van der Waals surface area contributed by atoms with E-state index in [9.17, 15) is 29.7 Å². The van der Waals surface area contributed by atoms with Crippen molar-refractivity contribution in [1.29, 1.82) is 0 Å². The summed E-state index contributed by atoms with van der Waals surface area (Å²) >= 11 is 0. The SMILES string of the molecule is C1CCCCC1.C1CCCCC1.C1CCCCC1.CCCC(=O)[O-].CCCC(=O)[O-].CCCC(=O)[O-].[Al+3]. The summed E-state index contributed by atoms with van der Waals surface area (Å²) in [5, 5.41) is 28.5. The molecule has 3 fully saturated rings. The smallest absolute Gasteiger partial charge is 0.550 e. The Morgan fingerprint density at radius 1 is 0.378 bits per heavy atom. The number of carbonyl (C=O) groups is 3. The molecule has 0 aromatic carbocycles. The van der Waals surface area contributed by atoms with Crippen LogP contribution in [0.15, 0.2) is 0 Å². The van der Waals surface area contributed by atoms with E-state index in [1.165, 1.54) is 116 Å². The van der Waals surface area contributed by atoms with Crippen LogP contribution in [0.4, 0.5) is 0 Å². The van der Waals surface area contributed by atoms with Crippen molar-refractivity contribution in [3.63, 3.8) is 0 Å². The summed E-state index contributed by atoms with van der Waals surface area (Å²) in [7, 11) is 0. The molecule has 0 atom stereocenters. The summed E-state index contributed by atoms with van der Waals surface area (Å²) in [4.78, 5) is 28.5. The quantitative estimate of drug-likeness (QED) is 0.424. The Balaban J connectivity index is -0.000000176. The maximum Gasteiger partial charge on any atom is 3.00 e. The Labute approximate surface area is 239 Å². The van der Waals surface area contributed by atoms with Crippen LogP contribution in [0.25, 0.3) is 0 Å². The molecule has 216 valence electrons. The normalized spacial score (nSPS) is 15.6. The molecular weight excluding hydrogens is 483 g/mol. The van der Waals surface area contributed by atoms with E-state index in [-0.39, 0.29) is 36.6 Å². The van der Waals surface area contributed by atoms with E-state index in [4.69, 9.17) is 0 Å². The molecule has 0 N–H and O–H groups in total. The second-order valence-electron chi connectivity index (χ2n) is 9.73. The molecule has 0 heterocycles. The van der Waals surface area contributed by atoms with Crippen molar-refractivity contribution in [1.82, 2.24) is 0 Å². The monoisotopic (exact) mass is 540 g/mol. The molecule has 6 nitrogen and oxygen atoms in total. The van der Waals surface area contributed by atoms with Crippen molar-refractivity contribution in [3.05, 3.63) is 0 Å². The third kappa shape index (κ3) is 56.3. The fourth-order valence-electron chi connectivity index (χ4n) is 3.79. The van der Waals surface area contributed by atoms with Crippen molar-refractivity contribution in [2.24, 2.45) is 0 Å². The van der Waals surface area contributed by atoms with E-state index in [1.807, 2.05) is 0 Å². The van der Waals surface area contributed by atoms with E-state index in [0.29, 0.717) is 19.3 Å². The van der Waals surface area contributed by atoms with Gasteiger partial charge in [-0.1, -0.05) is 156 Å². The van der Waals surface area contributed by atoms with Crippen LogP contribution >= 0.6 is 0 Å². The fraction of sp³-hybridized carbons (Fsp3) is 0.900. The summed E-state index contributed by atoms with van der Waals surface area (Å²) < 4.78 is 0. The minimum Gasteiger partial charge on any atom is -0.550 e. The Morgan fingerprint density at radius 3 is 0.514 bits per heavy atom. The first-order valence-electron chi connectivity index (χ1n) is 14.9. The Bertz CT molecular complexity index is 358. The van der Waals surface area contributed by atoms with Gasteiger partial charge in [-0.2, -0.15) is 0 Å². The average Bonchev–Trinajstić information content (AvgIpc) is 2.89. The molecule has 7 heteroatoms. The molecule has 3 rings (SSSR count). The van der Waals surface area contributed by atoms with E-state index < -0.39 is 17.9 Å². The summed E-state index contributed by atoms with van der Waals surface area (Å²) in [6.45, 7) is 5.40. The number of carboxylic acids is 3. The van der Waals surface area contributed by atoms with Crippen LogP contribution in [0, 0.1) is 0 Å². The summed E-state index contributed by atoms with van der Waals surface area (Å²) in [6, 6.07) is 0. The average molecular weight is 541 g/mol. The summed E-state index contributed by atoms with van der Waals surface area (Å²) in [5.74, 6) is -2.88. The number of rotatable bonds is 6. The Kier molecular flexibility index (Phi) is 45.9. The van der Waals surface area contributed by atoms with Gasteiger partial charge < -0.3 is 29.7 Å². The first-order chi connectivity index (χ1) is 17.3. The molecule has 0 bridgehead atoms. The molecule has 0 aromatic heterocycles. The first-order valence-corrected chi connectivity index (χ1v) is 14.9. The van der Waals surface area contributed by atoms with Gasteiger partial charge in [0.2, 0.25) is 0 Å². The van der Waals surface area contributed by atoms with Gasteiger partial charge in [0.1, 0.15) is 0 Å². The van der Waals surface area contributed by atoms with E-state index >= 15 is 0 Å². The maximum atomic E-state index is 9.49. The first kappa shape index (κ1) is 43.0. The third-order valence-corrected chi connectivity index (χ3v) is 5.86. The predicted octanol–water partition coefficient (Wildman–Crippen LogP) is 5.25. The zero-order valence-electron chi connectivity index (χ0n) is 24.5. The minimum atomic E-state index is -0.961. The van der Waals surface area contributed by atoms with Gasteiger partial charge >= 0.3 is 17.4 Å². The number of hydrogen-bond acceptors (Lipinski definition) is 6. The van der Waals surface area contributed by atoms with Crippen molar-refractivity contribution in [2.75, 3.05) is 0 Å². The van der Waals surface area contributed by atoms with Gasteiger partial charge in [0, 0.05) is 17.9 Å². The van der Waals surface area contributed by atoms with Crippen molar-refractivity contribution in [2.45, 2.75) is 175 Å².